The van der Waals surface area contributed by atoms with Crippen LogP contribution < -0.4 is 11.1 Å². The molecule has 0 aliphatic rings. The van der Waals surface area contributed by atoms with Gasteiger partial charge in [-0.15, -0.1) is 36.2 Å². The van der Waals surface area contributed by atoms with Crippen LogP contribution in [0.15, 0.2) is 11.6 Å². The van der Waals surface area contributed by atoms with Crippen molar-refractivity contribution in [2.24, 2.45) is 11.1 Å². The molecular formula is C12H23Cl2N3OS. The minimum Gasteiger partial charge on any atom is -0.355 e. The molecule has 1 rings (SSSR count). The zero-order valence-corrected chi connectivity index (χ0v) is 13.8. The minimum atomic E-state index is -0.400. The molecule has 7 heteroatoms. The molecule has 0 saturated heterocycles. The fourth-order valence-electron chi connectivity index (χ4n) is 1.80. The van der Waals surface area contributed by atoms with Crippen molar-refractivity contribution in [3.63, 3.8) is 0 Å². The molecule has 0 unspecified atom stereocenters. The highest BCUT2D eigenvalue weighted by atomic mass is 35.5. The van der Waals surface area contributed by atoms with Gasteiger partial charge in [0, 0.05) is 31.1 Å². The van der Waals surface area contributed by atoms with Crippen LogP contribution in [0.2, 0.25) is 0 Å². The van der Waals surface area contributed by atoms with Gasteiger partial charge in [-0.3, -0.25) is 4.79 Å². The number of hydrogen-bond donors (Lipinski definition) is 2. The molecule has 4 nitrogen and oxygen atoms in total. The molecule has 0 fully saturated rings. The number of carbonyl (C=O) groups is 1. The number of thiazole rings is 1. The van der Waals surface area contributed by atoms with E-state index in [0.29, 0.717) is 13.1 Å². The van der Waals surface area contributed by atoms with Crippen molar-refractivity contribution < 1.29 is 4.79 Å². The van der Waals surface area contributed by atoms with E-state index in [1.807, 2.05) is 19.2 Å². The van der Waals surface area contributed by atoms with Crippen LogP contribution in [0.5, 0.6) is 0 Å². The summed E-state index contributed by atoms with van der Waals surface area (Å²) >= 11 is 1.61. The zero-order valence-electron chi connectivity index (χ0n) is 11.3. The second-order valence-electron chi connectivity index (χ2n) is 4.12. The maximum absolute atomic E-state index is 12.1. The van der Waals surface area contributed by atoms with Crippen LogP contribution in [0.25, 0.3) is 0 Å². The van der Waals surface area contributed by atoms with Crippen molar-refractivity contribution in [3.05, 3.63) is 16.6 Å². The van der Waals surface area contributed by atoms with Crippen LogP contribution in [-0.2, 0) is 11.2 Å². The summed E-state index contributed by atoms with van der Waals surface area (Å²) in [5.41, 5.74) is 5.32. The molecule has 0 atom stereocenters. The standard InChI is InChI=1S/C12H21N3OS.2ClH/c1-3-12(4-2,9-13)11(16)15-6-5-10-14-7-8-17-10;;/h7-8H,3-6,9,13H2,1-2H3,(H,15,16);2*1H. The van der Waals surface area contributed by atoms with Crippen molar-refractivity contribution in [3.8, 4) is 0 Å². The first kappa shape index (κ1) is 20.9. The van der Waals surface area contributed by atoms with Crippen LogP contribution in [-0.4, -0.2) is 24.0 Å². The Hall–Kier alpha value is -0.360. The normalized spacial score (nSPS) is 10.3. The van der Waals surface area contributed by atoms with Crippen molar-refractivity contribution in [2.45, 2.75) is 33.1 Å². The van der Waals surface area contributed by atoms with Gasteiger partial charge in [0.05, 0.1) is 10.4 Å². The third-order valence-corrected chi connectivity index (χ3v) is 4.17. The summed E-state index contributed by atoms with van der Waals surface area (Å²) < 4.78 is 0. The van der Waals surface area contributed by atoms with E-state index >= 15 is 0 Å². The van der Waals surface area contributed by atoms with E-state index in [-0.39, 0.29) is 30.7 Å². The Labute approximate surface area is 131 Å². The number of hydrogen-bond acceptors (Lipinski definition) is 4. The van der Waals surface area contributed by atoms with Gasteiger partial charge in [0.15, 0.2) is 0 Å². The summed E-state index contributed by atoms with van der Waals surface area (Å²) in [6.45, 7) is 5.06. The Morgan fingerprint density at radius 1 is 1.42 bits per heavy atom. The summed E-state index contributed by atoms with van der Waals surface area (Å²) in [5, 5.41) is 5.96. The highest BCUT2D eigenvalue weighted by Crippen LogP contribution is 2.24. The number of nitrogens with two attached hydrogens (primary N) is 1. The lowest BCUT2D eigenvalue weighted by Gasteiger charge is -2.28. The van der Waals surface area contributed by atoms with Crippen LogP contribution in [0, 0.1) is 5.41 Å². The Bertz CT molecular complexity index is 334. The van der Waals surface area contributed by atoms with Crippen LogP contribution in [0.3, 0.4) is 0 Å². The first-order valence-corrected chi connectivity index (χ1v) is 6.93. The summed E-state index contributed by atoms with van der Waals surface area (Å²) in [7, 11) is 0. The first-order valence-electron chi connectivity index (χ1n) is 6.05. The topological polar surface area (TPSA) is 68.0 Å². The lowest BCUT2D eigenvalue weighted by Crippen LogP contribution is -2.45. The number of aromatic nitrogens is 1. The largest absolute Gasteiger partial charge is 0.355 e. The minimum absolute atomic E-state index is 0. The predicted octanol–water partition coefficient (Wildman–Crippen LogP) is 2.41. The number of amides is 1. The van der Waals surface area contributed by atoms with Gasteiger partial charge < -0.3 is 11.1 Å². The number of carbonyl (C=O) groups excluding carboxylic acids is 1. The summed E-state index contributed by atoms with van der Waals surface area (Å²) in [5.74, 6) is 0.0709. The molecule has 0 bridgehead atoms. The van der Waals surface area contributed by atoms with E-state index in [0.717, 1.165) is 24.3 Å². The first-order chi connectivity index (χ1) is 8.18. The van der Waals surface area contributed by atoms with Crippen molar-refractivity contribution in [1.82, 2.24) is 10.3 Å². The molecule has 19 heavy (non-hydrogen) atoms. The lowest BCUT2D eigenvalue weighted by atomic mass is 9.81. The maximum atomic E-state index is 12.1. The van der Waals surface area contributed by atoms with Gasteiger partial charge in [-0.1, -0.05) is 13.8 Å². The number of rotatable bonds is 7. The molecule has 0 aromatic carbocycles. The van der Waals surface area contributed by atoms with Gasteiger partial charge in [-0.05, 0) is 12.8 Å². The quantitative estimate of drug-likeness (QED) is 0.808. The van der Waals surface area contributed by atoms with Crippen LogP contribution in [0.4, 0.5) is 0 Å². The SMILES string of the molecule is CCC(CC)(CN)C(=O)NCCc1nccs1.Cl.Cl. The fourth-order valence-corrected chi connectivity index (χ4v) is 2.42. The molecule has 0 aliphatic heterocycles. The summed E-state index contributed by atoms with van der Waals surface area (Å²) in [6, 6.07) is 0. The molecule has 0 saturated carbocycles. The third kappa shape index (κ3) is 5.65. The van der Waals surface area contributed by atoms with Gasteiger partial charge >= 0.3 is 0 Å². The zero-order chi connectivity index (χ0) is 12.7. The average molecular weight is 328 g/mol. The van der Waals surface area contributed by atoms with Gasteiger partial charge in [0.1, 0.15) is 0 Å². The van der Waals surface area contributed by atoms with E-state index < -0.39 is 5.41 Å². The van der Waals surface area contributed by atoms with Gasteiger partial charge in [0.25, 0.3) is 0 Å². The summed E-state index contributed by atoms with van der Waals surface area (Å²) in [4.78, 5) is 16.3. The van der Waals surface area contributed by atoms with Crippen molar-refractivity contribution >= 4 is 42.1 Å². The van der Waals surface area contributed by atoms with E-state index in [9.17, 15) is 4.79 Å². The average Bonchev–Trinajstić information content (AvgIpc) is 2.85. The van der Waals surface area contributed by atoms with Crippen LogP contribution in [0.1, 0.15) is 31.7 Å². The molecule has 3 N–H and O–H groups in total. The van der Waals surface area contributed by atoms with Gasteiger partial charge in [0.2, 0.25) is 5.91 Å². The number of nitrogens with zero attached hydrogens (tertiary/aromatic N) is 1. The fraction of sp³-hybridized carbons (Fsp3) is 0.667. The predicted molar refractivity (Wildman–Crippen MR) is 85.4 cm³/mol. The Balaban J connectivity index is 0. The molecule has 1 amide bonds. The third-order valence-electron chi connectivity index (χ3n) is 3.33. The number of nitrogens with one attached hydrogen (secondary N) is 1. The smallest absolute Gasteiger partial charge is 0.227 e. The van der Waals surface area contributed by atoms with Gasteiger partial charge in [-0.25, -0.2) is 4.98 Å². The molecule has 1 aromatic rings. The Kier molecular flexibility index (Phi) is 11.5. The Morgan fingerprint density at radius 2 is 2.05 bits per heavy atom. The van der Waals surface area contributed by atoms with E-state index in [2.05, 4.69) is 10.3 Å². The molecule has 0 spiro atoms. The lowest BCUT2D eigenvalue weighted by molar-refractivity contribution is -0.131. The molecular weight excluding hydrogens is 305 g/mol. The molecule has 1 aromatic heterocycles. The second-order valence-corrected chi connectivity index (χ2v) is 5.10. The van der Waals surface area contributed by atoms with Crippen LogP contribution >= 0.6 is 36.2 Å². The maximum Gasteiger partial charge on any atom is 0.227 e. The van der Waals surface area contributed by atoms with Crippen molar-refractivity contribution in [1.29, 1.82) is 0 Å². The molecule has 0 aliphatic carbocycles. The molecule has 0 radical (unpaired) electrons. The highest BCUT2D eigenvalue weighted by Gasteiger charge is 2.32. The molecule has 112 valence electrons. The van der Waals surface area contributed by atoms with Gasteiger partial charge in [-0.2, -0.15) is 0 Å². The van der Waals surface area contributed by atoms with E-state index in [1.54, 1.807) is 17.5 Å². The summed E-state index contributed by atoms with van der Waals surface area (Å²) in [6.07, 6.45) is 4.13. The monoisotopic (exact) mass is 327 g/mol. The van der Waals surface area contributed by atoms with E-state index in [4.69, 9.17) is 5.73 Å². The second kappa shape index (κ2) is 10.4. The Morgan fingerprint density at radius 3 is 2.47 bits per heavy atom. The highest BCUT2D eigenvalue weighted by molar-refractivity contribution is 7.09. The van der Waals surface area contributed by atoms with E-state index in [1.165, 1.54) is 0 Å². The number of halogens is 2. The molecule has 1 heterocycles. The van der Waals surface area contributed by atoms with Crippen molar-refractivity contribution in [2.75, 3.05) is 13.1 Å².